The van der Waals surface area contributed by atoms with Gasteiger partial charge in [0.2, 0.25) is 0 Å². The number of rotatable bonds is 7. The molecule has 0 amide bonds. The summed E-state index contributed by atoms with van der Waals surface area (Å²) < 4.78 is 17.6. The van der Waals surface area contributed by atoms with Gasteiger partial charge in [0, 0.05) is 23.0 Å². The lowest BCUT2D eigenvalue weighted by molar-refractivity contribution is 0.0474. The normalized spacial score (nSPS) is 10.7. The van der Waals surface area contributed by atoms with Crippen molar-refractivity contribution in [3.8, 4) is 11.5 Å². The number of carbonyl (C=O) groups excluding carboxylic acids is 2. The van der Waals surface area contributed by atoms with E-state index in [1.165, 1.54) is 14.2 Å². The Morgan fingerprint density at radius 1 is 1.04 bits per heavy atom. The molecule has 2 rings (SSSR count). The molecule has 1 aromatic carbocycles. The van der Waals surface area contributed by atoms with Crippen molar-refractivity contribution in [3.63, 3.8) is 0 Å². The van der Waals surface area contributed by atoms with Gasteiger partial charge >= 0.3 is 5.97 Å². The van der Waals surface area contributed by atoms with Crippen LogP contribution in [-0.4, -0.2) is 37.1 Å². The Bertz CT molecular complexity index is 820. The fraction of sp³-hybridized carbons (Fsp3) is 0.400. The molecular formula is C20H25NO5. The van der Waals surface area contributed by atoms with Crippen LogP contribution in [0.2, 0.25) is 0 Å². The Morgan fingerprint density at radius 3 is 2.23 bits per heavy atom. The van der Waals surface area contributed by atoms with E-state index in [0.717, 1.165) is 11.4 Å². The zero-order chi connectivity index (χ0) is 19.4. The summed E-state index contributed by atoms with van der Waals surface area (Å²) in [7, 11) is 3.02. The Morgan fingerprint density at radius 2 is 1.69 bits per heavy atom. The molecule has 0 spiro atoms. The molecule has 0 bridgehead atoms. The van der Waals surface area contributed by atoms with Crippen LogP contribution in [0.5, 0.6) is 11.5 Å². The van der Waals surface area contributed by atoms with E-state index in [2.05, 4.69) is 18.4 Å². The molecular weight excluding hydrogens is 334 g/mol. The number of hydrogen-bond donors (Lipinski definition) is 0. The Balaban J connectivity index is 2.10. The second-order valence-electron chi connectivity index (χ2n) is 6.32. The Hall–Kier alpha value is -2.76. The average molecular weight is 359 g/mol. The molecule has 6 heteroatoms. The van der Waals surface area contributed by atoms with Gasteiger partial charge < -0.3 is 18.8 Å². The van der Waals surface area contributed by atoms with Crippen molar-refractivity contribution in [2.75, 3.05) is 20.8 Å². The molecule has 0 N–H and O–H groups in total. The van der Waals surface area contributed by atoms with Gasteiger partial charge in [-0.15, -0.1) is 0 Å². The standard InChI is InChI=1S/C20H25NO5/c1-12(2)21-13(3)9-16(14(21)4)20(23)26-11-17(22)15-7-8-18(24-5)19(10-15)25-6/h7-10,12H,11H2,1-6H3. The lowest BCUT2D eigenvalue weighted by atomic mass is 10.1. The summed E-state index contributed by atoms with van der Waals surface area (Å²) in [5, 5.41) is 0. The highest BCUT2D eigenvalue weighted by atomic mass is 16.5. The van der Waals surface area contributed by atoms with E-state index >= 15 is 0 Å². The number of carbonyl (C=O) groups is 2. The minimum Gasteiger partial charge on any atom is -0.493 e. The second kappa shape index (κ2) is 8.08. The van der Waals surface area contributed by atoms with Crippen LogP contribution in [0.1, 0.15) is 52.0 Å². The van der Waals surface area contributed by atoms with Crippen LogP contribution < -0.4 is 9.47 Å². The third kappa shape index (κ3) is 3.90. The largest absolute Gasteiger partial charge is 0.493 e. The van der Waals surface area contributed by atoms with Crippen molar-refractivity contribution in [1.82, 2.24) is 4.57 Å². The predicted octanol–water partition coefficient (Wildman–Crippen LogP) is 3.74. The van der Waals surface area contributed by atoms with E-state index in [4.69, 9.17) is 14.2 Å². The summed E-state index contributed by atoms with van der Waals surface area (Å²) in [6, 6.07) is 6.86. The number of ketones is 1. The van der Waals surface area contributed by atoms with Crippen molar-refractivity contribution in [2.24, 2.45) is 0 Å². The number of Topliss-reactive ketones (excluding diaryl/α,β-unsaturated/α-hetero) is 1. The first kappa shape index (κ1) is 19.6. The molecule has 0 fully saturated rings. The summed E-state index contributed by atoms with van der Waals surface area (Å²) in [6.45, 7) is 7.59. The van der Waals surface area contributed by atoms with Crippen LogP contribution in [-0.2, 0) is 4.74 Å². The average Bonchev–Trinajstić information content (AvgIpc) is 2.93. The monoisotopic (exact) mass is 359 g/mol. The summed E-state index contributed by atoms with van der Waals surface area (Å²) in [6.07, 6.45) is 0. The number of esters is 1. The quantitative estimate of drug-likeness (QED) is 0.556. The molecule has 0 unspecified atom stereocenters. The summed E-state index contributed by atoms with van der Waals surface area (Å²) in [5.41, 5.74) is 2.69. The van der Waals surface area contributed by atoms with Gasteiger partial charge in [0.15, 0.2) is 23.9 Å². The number of hydrogen-bond acceptors (Lipinski definition) is 5. The van der Waals surface area contributed by atoms with E-state index < -0.39 is 5.97 Å². The molecule has 26 heavy (non-hydrogen) atoms. The molecule has 0 aliphatic carbocycles. The number of nitrogens with zero attached hydrogens (tertiary/aromatic N) is 1. The van der Waals surface area contributed by atoms with Gasteiger partial charge in [-0.25, -0.2) is 4.79 Å². The minimum absolute atomic E-state index is 0.241. The molecule has 0 aliphatic heterocycles. The molecule has 0 atom stereocenters. The molecule has 0 saturated carbocycles. The molecule has 0 radical (unpaired) electrons. The minimum atomic E-state index is -0.501. The van der Waals surface area contributed by atoms with Crippen LogP contribution in [0.4, 0.5) is 0 Å². The zero-order valence-corrected chi connectivity index (χ0v) is 16.1. The van der Waals surface area contributed by atoms with Gasteiger partial charge in [0.05, 0.1) is 19.8 Å². The van der Waals surface area contributed by atoms with E-state index in [1.807, 2.05) is 13.8 Å². The summed E-state index contributed by atoms with van der Waals surface area (Å²) >= 11 is 0. The van der Waals surface area contributed by atoms with Crippen LogP contribution >= 0.6 is 0 Å². The number of methoxy groups -OCH3 is 2. The maximum absolute atomic E-state index is 12.4. The lowest BCUT2D eigenvalue weighted by Gasteiger charge is -2.13. The molecule has 1 aromatic heterocycles. The molecule has 0 saturated heterocycles. The van der Waals surface area contributed by atoms with Crippen molar-refractivity contribution in [1.29, 1.82) is 0 Å². The van der Waals surface area contributed by atoms with Gasteiger partial charge in [-0.2, -0.15) is 0 Å². The van der Waals surface area contributed by atoms with Crippen LogP contribution in [0.3, 0.4) is 0 Å². The molecule has 6 nitrogen and oxygen atoms in total. The van der Waals surface area contributed by atoms with Crippen molar-refractivity contribution in [3.05, 3.63) is 46.8 Å². The highest BCUT2D eigenvalue weighted by molar-refractivity contribution is 6.00. The van der Waals surface area contributed by atoms with Crippen LogP contribution in [0.15, 0.2) is 24.3 Å². The second-order valence-corrected chi connectivity index (χ2v) is 6.32. The number of ether oxygens (including phenoxy) is 3. The maximum atomic E-state index is 12.4. The van der Waals surface area contributed by atoms with Crippen molar-refractivity contribution in [2.45, 2.75) is 33.7 Å². The third-order valence-corrected chi connectivity index (χ3v) is 4.26. The lowest BCUT2D eigenvalue weighted by Crippen LogP contribution is -2.15. The summed E-state index contributed by atoms with van der Waals surface area (Å²) in [5.74, 6) is 0.170. The fourth-order valence-corrected chi connectivity index (χ4v) is 3.08. The van der Waals surface area contributed by atoms with Gasteiger partial charge in [0.25, 0.3) is 0 Å². The Kier molecular flexibility index (Phi) is 6.08. The van der Waals surface area contributed by atoms with Gasteiger partial charge in [-0.05, 0) is 52.0 Å². The third-order valence-electron chi connectivity index (χ3n) is 4.26. The van der Waals surface area contributed by atoms with Gasteiger partial charge in [0.1, 0.15) is 0 Å². The van der Waals surface area contributed by atoms with E-state index in [0.29, 0.717) is 22.6 Å². The number of benzene rings is 1. The SMILES string of the molecule is COc1ccc(C(=O)COC(=O)c2cc(C)n(C(C)C)c2C)cc1OC. The molecule has 1 heterocycles. The van der Waals surface area contributed by atoms with E-state index in [1.54, 1.807) is 24.3 Å². The van der Waals surface area contributed by atoms with E-state index in [9.17, 15) is 9.59 Å². The van der Waals surface area contributed by atoms with Gasteiger partial charge in [-0.1, -0.05) is 0 Å². The first-order valence-electron chi connectivity index (χ1n) is 8.40. The van der Waals surface area contributed by atoms with Gasteiger partial charge in [-0.3, -0.25) is 4.79 Å². The fourth-order valence-electron chi connectivity index (χ4n) is 3.08. The smallest absolute Gasteiger partial charge is 0.340 e. The predicted molar refractivity (Wildman–Crippen MR) is 98.5 cm³/mol. The highest BCUT2D eigenvalue weighted by Gasteiger charge is 2.20. The molecule has 140 valence electrons. The van der Waals surface area contributed by atoms with Crippen molar-refractivity contribution >= 4 is 11.8 Å². The molecule has 0 aliphatic rings. The first-order chi connectivity index (χ1) is 12.3. The zero-order valence-electron chi connectivity index (χ0n) is 16.1. The Labute approximate surface area is 153 Å². The summed E-state index contributed by atoms with van der Waals surface area (Å²) in [4.78, 5) is 24.7. The highest BCUT2D eigenvalue weighted by Crippen LogP contribution is 2.28. The number of aryl methyl sites for hydroxylation is 1. The van der Waals surface area contributed by atoms with Crippen LogP contribution in [0, 0.1) is 13.8 Å². The first-order valence-corrected chi connectivity index (χ1v) is 8.40. The van der Waals surface area contributed by atoms with Crippen molar-refractivity contribution < 1.29 is 23.8 Å². The van der Waals surface area contributed by atoms with Crippen LogP contribution in [0.25, 0.3) is 0 Å². The van der Waals surface area contributed by atoms with E-state index in [-0.39, 0.29) is 18.4 Å². The maximum Gasteiger partial charge on any atom is 0.340 e. The number of aromatic nitrogens is 1. The topological polar surface area (TPSA) is 66.8 Å². The molecule has 2 aromatic rings.